The molecular formula is C42H28N2O3S. The summed E-state index contributed by atoms with van der Waals surface area (Å²) in [6.45, 7) is 0. The fraction of sp³-hybridized carbons (Fsp3) is 0.0476. The molecule has 230 valence electrons. The summed E-state index contributed by atoms with van der Waals surface area (Å²) in [6.07, 6.45) is 7.29. The molecule has 4 heterocycles. The molecule has 3 aromatic heterocycles. The molecule has 0 saturated carbocycles. The van der Waals surface area contributed by atoms with Crippen molar-refractivity contribution in [2.75, 3.05) is 0 Å². The van der Waals surface area contributed by atoms with Gasteiger partial charge in [-0.05, 0) is 98.6 Å². The van der Waals surface area contributed by atoms with Gasteiger partial charge in [0.25, 0.3) is 0 Å². The molecule has 5 aromatic carbocycles. The maximum atomic E-state index is 13.4. The molecule has 8 aromatic rings. The SMILES string of the molecule is O=S1(=O)Cc2ccc(-c3cc(-c4cccnc4)cc(-c4cccnc4)c3)cc2-c2cc(-c3cccc4c3oc3ccccc34)ccc2C1. The van der Waals surface area contributed by atoms with E-state index >= 15 is 0 Å². The van der Waals surface area contributed by atoms with Crippen LogP contribution in [0.4, 0.5) is 0 Å². The molecule has 0 atom stereocenters. The summed E-state index contributed by atoms with van der Waals surface area (Å²) in [4.78, 5) is 8.72. The molecule has 6 heteroatoms. The summed E-state index contributed by atoms with van der Waals surface area (Å²) in [5.41, 5.74) is 13.2. The molecule has 0 N–H and O–H groups in total. The molecular weight excluding hydrogens is 613 g/mol. The van der Waals surface area contributed by atoms with Gasteiger partial charge in [-0.2, -0.15) is 0 Å². The van der Waals surface area contributed by atoms with E-state index in [0.29, 0.717) is 0 Å². The van der Waals surface area contributed by atoms with E-state index in [9.17, 15) is 8.42 Å². The van der Waals surface area contributed by atoms with Gasteiger partial charge in [-0.3, -0.25) is 9.97 Å². The third kappa shape index (κ3) is 4.98. The Bertz CT molecular complexity index is 2570. The summed E-state index contributed by atoms with van der Waals surface area (Å²) in [5.74, 6) is -0.0223. The zero-order valence-electron chi connectivity index (χ0n) is 25.8. The van der Waals surface area contributed by atoms with Gasteiger partial charge in [0, 0.05) is 52.3 Å². The second-order valence-corrected chi connectivity index (χ2v) is 14.4. The molecule has 1 aliphatic rings. The Morgan fingerprint density at radius 2 is 1.06 bits per heavy atom. The lowest BCUT2D eigenvalue weighted by molar-refractivity contribution is 0.595. The fourth-order valence-electron chi connectivity index (χ4n) is 6.95. The van der Waals surface area contributed by atoms with Crippen molar-refractivity contribution in [3.05, 3.63) is 157 Å². The summed E-state index contributed by atoms with van der Waals surface area (Å²) in [6, 6.07) is 41.0. The van der Waals surface area contributed by atoms with Gasteiger partial charge in [0.05, 0.1) is 11.5 Å². The second kappa shape index (κ2) is 11.1. The van der Waals surface area contributed by atoms with Crippen molar-refractivity contribution in [1.82, 2.24) is 9.97 Å². The molecule has 0 bridgehead atoms. The molecule has 0 fully saturated rings. The highest BCUT2D eigenvalue weighted by atomic mass is 32.2. The van der Waals surface area contributed by atoms with Crippen molar-refractivity contribution in [2.45, 2.75) is 11.5 Å². The van der Waals surface area contributed by atoms with Crippen LogP contribution in [0.15, 0.2) is 151 Å². The zero-order chi connectivity index (χ0) is 32.2. The number of fused-ring (bicyclic) bond motifs is 6. The molecule has 0 saturated heterocycles. The van der Waals surface area contributed by atoms with Crippen LogP contribution in [0, 0.1) is 0 Å². The first-order valence-corrected chi connectivity index (χ1v) is 17.6. The van der Waals surface area contributed by atoms with Crippen LogP contribution < -0.4 is 0 Å². The van der Waals surface area contributed by atoms with Gasteiger partial charge in [-0.1, -0.05) is 72.8 Å². The molecule has 0 spiro atoms. The van der Waals surface area contributed by atoms with Crippen molar-refractivity contribution < 1.29 is 12.8 Å². The van der Waals surface area contributed by atoms with Gasteiger partial charge in [0.1, 0.15) is 11.2 Å². The topological polar surface area (TPSA) is 73.1 Å². The average molecular weight is 641 g/mol. The number of aromatic nitrogens is 2. The first-order chi connectivity index (χ1) is 23.5. The Kier molecular flexibility index (Phi) is 6.59. The number of para-hydroxylation sites is 2. The van der Waals surface area contributed by atoms with Crippen molar-refractivity contribution in [3.8, 4) is 55.6 Å². The van der Waals surface area contributed by atoms with E-state index in [4.69, 9.17) is 4.42 Å². The zero-order valence-corrected chi connectivity index (χ0v) is 26.6. The Labute approximate surface area is 278 Å². The van der Waals surface area contributed by atoms with Crippen molar-refractivity contribution in [3.63, 3.8) is 0 Å². The second-order valence-electron chi connectivity index (χ2n) is 12.3. The molecule has 0 radical (unpaired) electrons. The third-order valence-electron chi connectivity index (χ3n) is 9.23. The van der Waals surface area contributed by atoms with E-state index in [1.165, 1.54) is 0 Å². The molecule has 5 nitrogen and oxygen atoms in total. The van der Waals surface area contributed by atoms with Crippen molar-refractivity contribution in [1.29, 1.82) is 0 Å². The lowest BCUT2D eigenvalue weighted by Crippen LogP contribution is -2.05. The Hall–Kier alpha value is -5.85. The lowest BCUT2D eigenvalue weighted by atomic mass is 9.89. The number of nitrogens with zero attached hydrogens (tertiary/aromatic N) is 2. The third-order valence-corrected chi connectivity index (χ3v) is 10.7. The van der Waals surface area contributed by atoms with Gasteiger partial charge in [-0.15, -0.1) is 0 Å². The summed E-state index contributed by atoms with van der Waals surface area (Å²) in [5, 5.41) is 2.13. The first kappa shape index (κ1) is 28.4. The van der Waals surface area contributed by atoms with E-state index in [1.54, 1.807) is 12.4 Å². The quantitative estimate of drug-likeness (QED) is 0.191. The normalized spacial score (nSPS) is 13.6. The average Bonchev–Trinajstić information content (AvgIpc) is 3.46. The number of pyridine rings is 2. The van der Waals surface area contributed by atoms with Gasteiger partial charge in [0.15, 0.2) is 9.84 Å². The van der Waals surface area contributed by atoms with E-state index in [1.807, 2.05) is 67.0 Å². The van der Waals surface area contributed by atoms with Crippen LogP contribution in [-0.4, -0.2) is 18.4 Å². The van der Waals surface area contributed by atoms with Crippen LogP contribution in [0.1, 0.15) is 11.1 Å². The minimum absolute atomic E-state index is 0.0108. The summed E-state index contributed by atoms with van der Waals surface area (Å²) < 4.78 is 33.1. The Balaban J connectivity index is 1.23. The smallest absolute Gasteiger partial charge is 0.158 e. The Morgan fingerprint density at radius 3 is 1.71 bits per heavy atom. The summed E-state index contributed by atoms with van der Waals surface area (Å²) >= 11 is 0. The van der Waals surface area contributed by atoms with E-state index in [0.717, 1.165) is 88.7 Å². The number of hydrogen-bond donors (Lipinski definition) is 0. The molecule has 1 aliphatic heterocycles. The lowest BCUT2D eigenvalue weighted by Gasteiger charge is -2.15. The van der Waals surface area contributed by atoms with Gasteiger partial charge >= 0.3 is 0 Å². The van der Waals surface area contributed by atoms with Crippen LogP contribution in [0.3, 0.4) is 0 Å². The van der Waals surface area contributed by atoms with E-state index < -0.39 is 9.84 Å². The van der Waals surface area contributed by atoms with Crippen LogP contribution in [0.2, 0.25) is 0 Å². The van der Waals surface area contributed by atoms with Crippen LogP contribution >= 0.6 is 0 Å². The highest BCUT2D eigenvalue weighted by Crippen LogP contribution is 2.42. The summed E-state index contributed by atoms with van der Waals surface area (Å²) in [7, 11) is -3.37. The molecule has 48 heavy (non-hydrogen) atoms. The molecule has 0 aliphatic carbocycles. The minimum atomic E-state index is -3.37. The maximum Gasteiger partial charge on any atom is 0.158 e. The number of sulfone groups is 1. The number of furan rings is 1. The predicted molar refractivity (Wildman–Crippen MR) is 193 cm³/mol. The number of rotatable bonds is 4. The molecule has 9 rings (SSSR count). The molecule has 0 amide bonds. The van der Waals surface area contributed by atoms with Crippen LogP contribution in [-0.2, 0) is 21.3 Å². The minimum Gasteiger partial charge on any atom is -0.455 e. The fourth-order valence-corrected chi connectivity index (χ4v) is 8.50. The van der Waals surface area contributed by atoms with Gasteiger partial charge in [-0.25, -0.2) is 8.42 Å². The van der Waals surface area contributed by atoms with E-state index in [-0.39, 0.29) is 11.5 Å². The first-order valence-electron chi connectivity index (χ1n) is 15.8. The van der Waals surface area contributed by atoms with Crippen LogP contribution in [0.5, 0.6) is 0 Å². The number of benzene rings is 5. The highest BCUT2D eigenvalue weighted by molar-refractivity contribution is 7.89. The van der Waals surface area contributed by atoms with Gasteiger partial charge < -0.3 is 4.42 Å². The predicted octanol–water partition coefficient (Wildman–Crippen LogP) is 10.1. The standard InChI is InChI=1S/C42H28N2O3S/c45-48(46)25-31-14-12-27(33-18-34(29-6-4-16-43-23-29)20-35(19-33)30-7-5-17-44-24-30)21-39(31)40-22-28(13-15-32(40)26-48)36-9-3-10-38-37-8-1-2-11-41(37)47-42(36)38/h1-24H,25-26H2. The molecule has 0 unspecified atom stereocenters. The highest BCUT2D eigenvalue weighted by Gasteiger charge is 2.25. The Morgan fingerprint density at radius 1 is 0.479 bits per heavy atom. The maximum absolute atomic E-state index is 13.4. The van der Waals surface area contributed by atoms with Gasteiger partial charge in [0.2, 0.25) is 0 Å². The monoisotopic (exact) mass is 640 g/mol. The van der Waals surface area contributed by atoms with Crippen molar-refractivity contribution >= 4 is 31.8 Å². The number of hydrogen-bond acceptors (Lipinski definition) is 5. The van der Waals surface area contributed by atoms with E-state index in [2.05, 4.69) is 76.7 Å². The largest absolute Gasteiger partial charge is 0.455 e. The van der Waals surface area contributed by atoms with Crippen molar-refractivity contribution in [2.24, 2.45) is 0 Å². The van der Waals surface area contributed by atoms with Crippen LogP contribution in [0.25, 0.3) is 77.6 Å².